The van der Waals surface area contributed by atoms with Gasteiger partial charge in [0.15, 0.2) is 4.77 Å². The van der Waals surface area contributed by atoms with Crippen LogP contribution in [0.5, 0.6) is 0 Å². The number of rotatable bonds is 7. The van der Waals surface area contributed by atoms with Crippen LogP contribution in [-0.4, -0.2) is 37.0 Å². The fourth-order valence-corrected chi connectivity index (χ4v) is 3.41. The van der Waals surface area contributed by atoms with Gasteiger partial charge in [0, 0.05) is 19.5 Å². The van der Waals surface area contributed by atoms with Crippen LogP contribution in [0.3, 0.4) is 0 Å². The zero-order chi connectivity index (χ0) is 20.3. The molecule has 0 atom stereocenters. The minimum absolute atomic E-state index is 0.0599. The minimum atomic E-state index is -0.315. The van der Waals surface area contributed by atoms with Crippen molar-refractivity contribution in [2.45, 2.75) is 39.7 Å². The fraction of sp³-hybridized carbons (Fsp3) is 0.368. The Bertz CT molecular complexity index is 1020. The Kier molecular flexibility index (Phi) is 6.03. The van der Waals surface area contributed by atoms with Gasteiger partial charge in [-0.3, -0.25) is 9.89 Å². The van der Waals surface area contributed by atoms with Gasteiger partial charge in [0.1, 0.15) is 11.6 Å². The van der Waals surface area contributed by atoms with E-state index in [0.29, 0.717) is 29.0 Å². The van der Waals surface area contributed by atoms with Crippen LogP contribution in [0.4, 0.5) is 4.39 Å². The number of halogens is 1. The first kappa shape index (κ1) is 19.9. The van der Waals surface area contributed by atoms with Crippen molar-refractivity contribution < 1.29 is 9.18 Å². The maximum absolute atomic E-state index is 13.2. The topological polar surface area (TPSA) is 80.5 Å². The number of nitrogens with one attached hydrogen (secondary N) is 2. The molecule has 0 aliphatic rings. The Morgan fingerprint density at radius 1 is 1.32 bits per heavy atom. The summed E-state index contributed by atoms with van der Waals surface area (Å²) in [5, 5.41) is 14.2. The maximum Gasteiger partial charge on any atom is 0.254 e. The number of hydrogen-bond donors (Lipinski definition) is 2. The Hall–Kier alpha value is -2.81. The summed E-state index contributed by atoms with van der Waals surface area (Å²) in [4.78, 5) is 12.7. The zero-order valence-electron chi connectivity index (χ0n) is 16.1. The normalized spacial score (nSPS) is 11.2. The van der Waals surface area contributed by atoms with Crippen molar-refractivity contribution in [1.29, 1.82) is 0 Å². The Balaban J connectivity index is 1.76. The molecule has 0 saturated heterocycles. The summed E-state index contributed by atoms with van der Waals surface area (Å²) in [5.74, 6) is 0.350. The van der Waals surface area contributed by atoms with Crippen molar-refractivity contribution in [3.8, 4) is 5.69 Å². The van der Waals surface area contributed by atoms with E-state index in [4.69, 9.17) is 12.2 Å². The molecule has 2 aromatic heterocycles. The number of carbonyl (C=O) groups is 1. The highest BCUT2D eigenvalue weighted by molar-refractivity contribution is 7.71. The van der Waals surface area contributed by atoms with Crippen LogP contribution >= 0.6 is 12.2 Å². The summed E-state index contributed by atoms with van der Waals surface area (Å²) in [5.41, 5.74) is 2.00. The summed E-state index contributed by atoms with van der Waals surface area (Å²) in [6, 6.07) is 6.04. The van der Waals surface area contributed by atoms with Gasteiger partial charge in [-0.2, -0.15) is 10.2 Å². The van der Waals surface area contributed by atoms with Gasteiger partial charge in [-0.05, 0) is 49.3 Å². The molecule has 2 N–H and O–H groups in total. The van der Waals surface area contributed by atoms with Crippen LogP contribution < -0.4 is 5.32 Å². The van der Waals surface area contributed by atoms with E-state index in [2.05, 4.69) is 20.6 Å². The lowest BCUT2D eigenvalue weighted by Crippen LogP contribution is -2.27. The molecular formula is C19H23FN6OS. The first-order valence-corrected chi connectivity index (χ1v) is 9.59. The summed E-state index contributed by atoms with van der Waals surface area (Å²) in [7, 11) is 0. The third-order valence-corrected chi connectivity index (χ3v) is 4.77. The Morgan fingerprint density at radius 2 is 2.04 bits per heavy atom. The third kappa shape index (κ3) is 4.04. The largest absolute Gasteiger partial charge is 0.351 e. The van der Waals surface area contributed by atoms with Crippen LogP contribution in [0.15, 0.2) is 30.5 Å². The highest BCUT2D eigenvalue weighted by Gasteiger charge is 2.21. The van der Waals surface area contributed by atoms with Crippen molar-refractivity contribution in [1.82, 2.24) is 29.9 Å². The van der Waals surface area contributed by atoms with E-state index in [1.54, 1.807) is 23.0 Å². The molecule has 0 bridgehead atoms. The Labute approximate surface area is 167 Å². The maximum atomic E-state index is 13.2. The molecule has 7 nitrogen and oxygen atoms in total. The molecule has 1 aromatic carbocycles. The lowest BCUT2D eigenvalue weighted by atomic mass is 10.0. The summed E-state index contributed by atoms with van der Waals surface area (Å²) in [6.07, 6.45) is 2.12. The van der Waals surface area contributed by atoms with Gasteiger partial charge in [-0.15, -0.1) is 0 Å². The van der Waals surface area contributed by atoms with E-state index in [9.17, 15) is 9.18 Å². The van der Waals surface area contributed by atoms with Gasteiger partial charge in [0.2, 0.25) is 0 Å². The lowest BCUT2D eigenvalue weighted by Gasteiger charge is -2.13. The van der Waals surface area contributed by atoms with Gasteiger partial charge in [-0.1, -0.05) is 13.8 Å². The molecule has 0 unspecified atom stereocenters. The van der Waals surface area contributed by atoms with E-state index < -0.39 is 0 Å². The molecule has 28 heavy (non-hydrogen) atoms. The smallest absolute Gasteiger partial charge is 0.254 e. The molecule has 0 aliphatic carbocycles. The minimum Gasteiger partial charge on any atom is -0.351 e. The van der Waals surface area contributed by atoms with E-state index in [-0.39, 0.29) is 17.6 Å². The van der Waals surface area contributed by atoms with Gasteiger partial charge in [0.25, 0.3) is 5.91 Å². The van der Waals surface area contributed by atoms with Crippen molar-refractivity contribution in [2.24, 2.45) is 0 Å². The number of aromatic amines is 1. The van der Waals surface area contributed by atoms with Crippen LogP contribution in [0.2, 0.25) is 0 Å². The fourth-order valence-electron chi connectivity index (χ4n) is 3.13. The van der Waals surface area contributed by atoms with Crippen molar-refractivity contribution >= 4 is 18.1 Å². The average Bonchev–Trinajstić information content (AvgIpc) is 3.26. The quantitative estimate of drug-likeness (QED) is 0.594. The van der Waals surface area contributed by atoms with E-state index in [1.807, 2.05) is 25.3 Å². The average molecular weight is 402 g/mol. The standard InChI is InChI=1S/C19H23FN6OS/c1-4-25-16(23-24-19(25)28)9-10-21-18(27)15-11-22-26(17(15)12(2)3)14-7-5-13(20)6-8-14/h5-8,11-12H,4,9-10H2,1-3H3,(H,21,27)(H,24,28). The molecule has 0 saturated carbocycles. The second-order valence-electron chi connectivity index (χ2n) is 6.68. The van der Waals surface area contributed by atoms with Crippen LogP contribution in [0, 0.1) is 10.6 Å². The summed E-state index contributed by atoms with van der Waals surface area (Å²) >= 11 is 5.18. The second-order valence-corrected chi connectivity index (χ2v) is 7.07. The number of carbonyl (C=O) groups excluding carboxylic acids is 1. The molecule has 148 valence electrons. The lowest BCUT2D eigenvalue weighted by molar-refractivity contribution is 0.0952. The number of aromatic nitrogens is 5. The Morgan fingerprint density at radius 3 is 2.68 bits per heavy atom. The number of amides is 1. The number of hydrogen-bond acceptors (Lipinski definition) is 4. The van der Waals surface area contributed by atoms with Gasteiger partial charge < -0.3 is 9.88 Å². The molecule has 3 aromatic rings. The molecule has 1 amide bonds. The van der Waals surface area contributed by atoms with Crippen molar-refractivity contribution in [2.75, 3.05) is 6.54 Å². The molecule has 0 aliphatic heterocycles. The van der Waals surface area contributed by atoms with E-state index in [0.717, 1.165) is 18.1 Å². The van der Waals surface area contributed by atoms with Crippen LogP contribution in [-0.2, 0) is 13.0 Å². The van der Waals surface area contributed by atoms with E-state index in [1.165, 1.54) is 12.1 Å². The van der Waals surface area contributed by atoms with Crippen LogP contribution in [0.25, 0.3) is 5.69 Å². The zero-order valence-corrected chi connectivity index (χ0v) is 16.9. The third-order valence-electron chi connectivity index (χ3n) is 4.46. The molecule has 9 heteroatoms. The second kappa shape index (κ2) is 8.47. The molecular weight excluding hydrogens is 379 g/mol. The van der Waals surface area contributed by atoms with Gasteiger partial charge >= 0.3 is 0 Å². The summed E-state index contributed by atoms with van der Waals surface area (Å²) in [6.45, 7) is 7.13. The van der Waals surface area contributed by atoms with Crippen molar-refractivity contribution in [3.05, 3.63) is 58.1 Å². The highest BCUT2D eigenvalue weighted by Crippen LogP contribution is 2.23. The monoisotopic (exact) mass is 402 g/mol. The van der Waals surface area contributed by atoms with Crippen molar-refractivity contribution in [3.63, 3.8) is 0 Å². The molecule has 2 heterocycles. The number of nitrogens with zero attached hydrogens (tertiary/aromatic N) is 4. The molecule has 0 spiro atoms. The van der Waals surface area contributed by atoms with Gasteiger partial charge in [0.05, 0.1) is 23.1 Å². The van der Waals surface area contributed by atoms with E-state index >= 15 is 0 Å². The number of benzene rings is 1. The first-order chi connectivity index (χ1) is 13.4. The number of H-pyrrole nitrogens is 1. The molecule has 3 rings (SSSR count). The predicted octanol–water partition coefficient (Wildman–Crippen LogP) is 3.38. The first-order valence-electron chi connectivity index (χ1n) is 9.18. The molecule has 0 fully saturated rings. The molecule has 0 radical (unpaired) electrons. The summed E-state index contributed by atoms with van der Waals surface area (Å²) < 4.78 is 17.4. The van der Waals surface area contributed by atoms with Gasteiger partial charge in [-0.25, -0.2) is 9.07 Å². The highest BCUT2D eigenvalue weighted by atomic mass is 32.1. The van der Waals surface area contributed by atoms with Crippen LogP contribution in [0.1, 0.15) is 48.6 Å². The SMILES string of the molecule is CCn1c(CCNC(=O)c2cnn(-c3ccc(F)cc3)c2C(C)C)n[nH]c1=S. The predicted molar refractivity (Wildman–Crippen MR) is 107 cm³/mol.